The molecule has 0 saturated heterocycles. The van der Waals surface area contributed by atoms with Crippen molar-refractivity contribution in [2.45, 2.75) is 57.4 Å². The number of hydrogen-bond donors (Lipinski definition) is 2. The monoisotopic (exact) mass is 509 g/mol. The van der Waals surface area contributed by atoms with E-state index in [0.717, 1.165) is 34.4 Å². The van der Waals surface area contributed by atoms with Gasteiger partial charge in [0, 0.05) is 18.3 Å². The topological polar surface area (TPSA) is 122 Å². The van der Waals surface area contributed by atoms with Crippen molar-refractivity contribution in [1.82, 2.24) is 14.9 Å². The molecule has 0 aliphatic rings. The number of carbonyl (C=O) groups excluding carboxylic acids is 1. The van der Waals surface area contributed by atoms with E-state index >= 15 is 0 Å². The summed E-state index contributed by atoms with van der Waals surface area (Å²) in [6.07, 6.45) is 2.83. The molecular weight excluding hydrogens is 474 g/mol. The van der Waals surface area contributed by atoms with Gasteiger partial charge >= 0.3 is 0 Å². The summed E-state index contributed by atoms with van der Waals surface area (Å²) in [5.41, 5.74) is 5.09. The second kappa shape index (κ2) is 11.3. The van der Waals surface area contributed by atoms with Crippen LogP contribution in [0, 0.1) is 0 Å². The van der Waals surface area contributed by atoms with E-state index in [2.05, 4.69) is 42.0 Å². The van der Waals surface area contributed by atoms with Crippen LogP contribution < -0.4 is 10.7 Å². The van der Waals surface area contributed by atoms with Crippen LogP contribution in [0.3, 0.4) is 0 Å². The number of nitrogens with two attached hydrogens (primary N) is 1. The molecule has 0 saturated carbocycles. The van der Waals surface area contributed by atoms with Crippen molar-refractivity contribution >= 4 is 15.8 Å². The first kappa shape index (κ1) is 27.4. The highest BCUT2D eigenvalue weighted by Gasteiger charge is 2.20. The predicted molar refractivity (Wildman–Crippen MR) is 144 cm³/mol. The molecule has 3 rings (SSSR count). The molecule has 0 aliphatic heterocycles. The summed E-state index contributed by atoms with van der Waals surface area (Å²) < 4.78 is 17.1. The normalized spacial score (nSPS) is 13.3. The van der Waals surface area contributed by atoms with Gasteiger partial charge < -0.3 is 9.88 Å². The zero-order valence-electron chi connectivity index (χ0n) is 21.7. The number of nitrogens with one attached hydrogen (secondary N) is 1. The average Bonchev–Trinajstić information content (AvgIpc) is 2.79. The minimum atomic E-state index is -3.38. The van der Waals surface area contributed by atoms with E-state index in [-0.39, 0.29) is 23.8 Å². The molecular formula is C27H35N5O3S. The fourth-order valence-electron chi connectivity index (χ4n) is 4.14. The number of rotatable bonds is 8. The van der Waals surface area contributed by atoms with E-state index in [1.807, 2.05) is 43.3 Å². The van der Waals surface area contributed by atoms with Crippen LogP contribution in [0.5, 0.6) is 0 Å². The molecule has 9 heteroatoms. The standard InChI is InChI=1S/C27H35N5O3S/c1-17(2)22-11-20(25-14-30-27(34)15-29-25)12-23(18(3)4)24(22)13-26(33)31-36(28,35)21-9-7-19(8-10-21)16-32(5)6/h7-12,14-15,17-18H,13,16H2,1-6H3,(H,30,34)(H2,28,31,33,35). The Morgan fingerprint density at radius 2 is 1.67 bits per heavy atom. The molecule has 8 nitrogen and oxygen atoms in total. The van der Waals surface area contributed by atoms with Gasteiger partial charge in [0.05, 0.1) is 23.2 Å². The number of H-pyrrole nitrogens is 1. The van der Waals surface area contributed by atoms with Crippen LogP contribution in [-0.2, 0) is 27.7 Å². The Hall–Kier alpha value is -3.14. The smallest absolute Gasteiger partial charge is 0.266 e. The zero-order chi connectivity index (χ0) is 26.6. The van der Waals surface area contributed by atoms with E-state index in [4.69, 9.17) is 5.14 Å². The second-order valence-electron chi connectivity index (χ2n) is 9.85. The van der Waals surface area contributed by atoms with Crippen molar-refractivity contribution in [2.24, 2.45) is 9.50 Å². The lowest BCUT2D eigenvalue weighted by Gasteiger charge is -2.21. The molecule has 3 N–H and O–H groups in total. The SMILES string of the molecule is CC(C)c1cc(-c2c[nH]c(=O)cn2)cc(C(C)C)c1CC(=O)N=S(N)(=O)c1ccc(CN(C)C)cc1. The Bertz CT molecular complexity index is 1370. The first-order valence-electron chi connectivity index (χ1n) is 11.9. The van der Waals surface area contributed by atoms with Gasteiger partial charge in [-0.15, -0.1) is 4.36 Å². The molecule has 0 fully saturated rings. The lowest BCUT2D eigenvalue weighted by Crippen LogP contribution is -2.17. The van der Waals surface area contributed by atoms with Gasteiger partial charge in [0.15, 0.2) is 0 Å². The van der Waals surface area contributed by atoms with Crippen LogP contribution >= 0.6 is 0 Å². The van der Waals surface area contributed by atoms with E-state index < -0.39 is 15.8 Å². The molecule has 192 valence electrons. The van der Waals surface area contributed by atoms with Crippen LogP contribution in [0.15, 0.2) is 62.8 Å². The van der Waals surface area contributed by atoms with Gasteiger partial charge in [0.25, 0.3) is 11.5 Å². The Morgan fingerprint density at radius 3 is 2.14 bits per heavy atom. The van der Waals surface area contributed by atoms with E-state index in [0.29, 0.717) is 10.6 Å². The van der Waals surface area contributed by atoms with Gasteiger partial charge in [-0.1, -0.05) is 39.8 Å². The maximum absolute atomic E-state index is 13.2. The summed E-state index contributed by atoms with van der Waals surface area (Å²) in [6.45, 7) is 8.95. The summed E-state index contributed by atoms with van der Waals surface area (Å²) in [5.74, 6) is -0.308. The summed E-state index contributed by atoms with van der Waals surface area (Å²) in [5, 5.41) is 6.04. The quantitative estimate of drug-likeness (QED) is 0.471. The van der Waals surface area contributed by atoms with Crippen LogP contribution in [-0.4, -0.2) is 39.1 Å². The lowest BCUT2D eigenvalue weighted by molar-refractivity contribution is -0.117. The fourth-order valence-corrected chi connectivity index (χ4v) is 5.14. The van der Waals surface area contributed by atoms with Gasteiger partial charge in [0.2, 0.25) is 0 Å². The van der Waals surface area contributed by atoms with Crippen LogP contribution in [0.25, 0.3) is 11.3 Å². The number of aromatic amines is 1. The van der Waals surface area contributed by atoms with Crippen molar-refractivity contribution < 1.29 is 9.00 Å². The third kappa shape index (κ3) is 6.75. The molecule has 0 spiro atoms. The molecule has 1 unspecified atom stereocenters. The molecule has 36 heavy (non-hydrogen) atoms. The molecule has 3 aromatic rings. The highest BCUT2D eigenvalue weighted by molar-refractivity contribution is 7.91. The van der Waals surface area contributed by atoms with Crippen molar-refractivity contribution in [3.05, 3.63) is 81.4 Å². The highest BCUT2D eigenvalue weighted by atomic mass is 32.2. The summed E-state index contributed by atoms with van der Waals surface area (Å²) in [6, 6.07) is 11.0. The first-order chi connectivity index (χ1) is 16.9. The first-order valence-corrected chi connectivity index (χ1v) is 13.5. The van der Waals surface area contributed by atoms with E-state index in [9.17, 15) is 13.8 Å². The molecule has 2 aromatic carbocycles. The van der Waals surface area contributed by atoms with E-state index in [1.54, 1.807) is 18.3 Å². The molecule has 0 aliphatic carbocycles. The van der Waals surface area contributed by atoms with Crippen LogP contribution in [0.4, 0.5) is 0 Å². The largest absolute Gasteiger partial charge is 0.326 e. The van der Waals surface area contributed by atoms with Gasteiger partial charge in [-0.25, -0.2) is 14.3 Å². The maximum Gasteiger partial charge on any atom is 0.266 e. The van der Waals surface area contributed by atoms with Crippen LogP contribution in [0.1, 0.15) is 61.8 Å². The van der Waals surface area contributed by atoms with Gasteiger partial charge in [-0.3, -0.25) is 9.59 Å². The summed E-state index contributed by atoms with van der Waals surface area (Å²) >= 11 is 0. The Kier molecular flexibility index (Phi) is 8.60. The minimum absolute atomic E-state index is 0.00669. The highest BCUT2D eigenvalue weighted by Crippen LogP contribution is 2.33. The number of aromatic nitrogens is 2. The summed E-state index contributed by atoms with van der Waals surface area (Å²) in [4.78, 5) is 33.8. The van der Waals surface area contributed by atoms with Crippen molar-refractivity contribution in [2.75, 3.05) is 14.1 Å². The Labute approximate surface area is 213 Å². The Balaban J connectivity index is 1.99. The second-order valence-corrected chi connectivity index (χ2v) is 11.6. The zero-order valence-corrected chi connectivity index (χ0v) is 22.6. The number of nitrogens with zero attached hydrogens (tertiary/aromatic N) is 3. The summed E-state index contributed by atoms with van der Waals surface area (Å²) in [7, 11) is 0.555. The van der Waals surface area contributed by atoms with Gasteiger partial charge in [-0.05, 0) is 72.5 Å². The van der Waals surface area contributed by atoms with Crippen molar-refractivity contribution in [3.8, 4) is 11.3 Å². The number of hydrogen-bond acceptors (Lipinski definition) is 5. The third-order valence-corrected chi connectivity index (χ3v) is 7.28. The molecule has 1 aromatic heterocycles. The number of carbonyl (C=O) groups is 1. The lowest BCUT2D eigenvalue weighted by atomic mass is 9.84. The maximum atomic E-state index is 13.2. The van der Waals surface area contributed by atoms with Crippen molar-refractivity contribution in [3.63, 3.8) is 0 Å². The van der Waals surface area contributed by atoms with E-state index in [1.165, 1.54) is 6.20 Å². The van der Waals surface area contributed by atoms with Crippen LogP contribution in [0.2, 0.25) is 0 Å². The third-order valence-electron chi connectivity index (χ3n) is 5.86. The average molecular weight is 510 g/mol. The molecule has 1 amide bonds. The number of benzene rings is 2. The molecule has 0 bridgehead atoms. The fraction of sp³-hybridized carbons (Fsp3) is 0.370. The molecule has 0 radical (unpaired) electrons. The Morgan fingerprint density at radius 1 is 1.08 bits per heavy atom. The minimum Gasteiger partial charge on any atom is -0.326 e. The number of amides is 1. The van der Waals surface area contributed by atoms with Crippen molar-refractivity contribution in [1.29, 1.82) is 0 Å². The molecule has 1 atom stereocenters. The van der Waals surface area contributed by atoms with Gasteiger partial charge in [-0.2, -0.15) is 0 Å². The van der Waals surface area contributed by atoms with Gasteiger partial charge in [0.1, 0.15) is 9.92 Å². The molecule has 1 heterocycles. The predicted octanol–water partition coefficient (Wildman–Crippen LogP) is 4.22.